The van der Waals surface area contributed by atoms with E-state index in [9.17, 15) is 0 Å². The first kappa shape index (κ1) is 981. The summed E-state index contributed by atoms with van der Waals surface area (Å²) in [5.41, 5.74) is 0. The molecular formula is H12O6Sb. The molecule has 0 fully saturated rings. The van der Waals surface area contributed by atoms with Crippen molar-refractivity contribution in [1.29, 1.82) is 0 Å². The topological polar surface area (TPSA) is 189 Å². The van der Waals surface area contributed by atoms with Crippen LogP contribution < -0.4 is 0 Å². The first-order chi connectivity index (χ1) is 0. The van der Waals surface area contributed by atoms with Crippen LogP contribution in [0.2, 0.25) is 0 Å². The van der Waals surface area contributed by atoms with Crippen LogP contribution in [0, 0.1) is 0 Å². The molecule has 7 heteroatoms. The molecule has 3 radical (unpaired) electrons. The van der Waals surface area contributed by atoms with Gasteiger partial charge in [0.25, 0.3) is 0 Å². The van der Waals surface area contributed by atoms with Crippen molar-refractivity contribution in [2.45, 2.75) is 0 Å². The second-order valence-electron chi connectivity index (χ2n) is 0. The van der Waals surface area contributed by atoms with Gasteiger partial charge in [-0.05, 0) is 0 Å². The van der Waals surface area contributed by atoms with E-state index in [1.165, 1.54) is 0 Å². The Kier molecular flexibility index (Phi) is 85800. The summed E-state index contributed by atoms with van der Waals surface area (Å²) >= 11 is 0. The van der Waals surface area contributed by atoms with Crippen LogP contribution in [0.3, 0.4) is 0 Å². The largest absolute Gasteiger partial charge is 0.412 e. The Hall–Kier alpha value is 0.578. The molecule has 0 aliphatic rings. The summed E-state index contributed by atoms with van der Waals surface area (Å²) < 4.78 is 0. The fraction of sp³-hybridized carbons (Fsp3) is 0. The van der Waals surface area contributed by atoms with Gasteiger partial charge in [0.1, 0.15) is 0 Å². The molecule has 0 aromatic heterocycles. The van der Waals surface area contributed by atoms with Gasteiger partial charge in [-0.3, -0.25) is 0 Å². The molecule has 53 valence electrons. The molecule has 0 atom stereocenters. The molecule has 12 N–H and O–H groups in total. The van der Waals surface area contributed by atoms with E-state index in [0.717, 1.165) is 0 Å². The minimum absolute atomic E-state index is 0. The first-order valence-corrected chi connectivity index (χ1v) is 0. The van der Waals surface area contributed by atoms with Crippen molar-refractivity contribution in [1.82, 2.24) is 0 Å². The molecule has 0 saturated heterocycles. The van der Waals surface area contributed by atoms with Gasteiger partial charge in [-0.15, -0.1) is 0 Å². The normalized spacial score (nSPS) is 0. The summed E-state index contributed by atoms with van der Waals surface area (Å²) in [6.45, 7) is 0. The Balaban J connectivity index is 0. The molecule has 7 heavy (non-hydrogen) atoms. The zero-order valence-electron chi connectivity index (χ0n) is 3.45. The third-order valence-electron chi connectivity index (χ3n) is 0. The summed E-state index contributed by atoms with van der Waals surface area (Å²) in [5, 5.41) is 0. The molecule has 0 amide bonds. The maximum atomic E-state index is 0. The van der Waals surface area contributed by atoms with Crippen molar-refractivity contribution < 1.29 is 32.9 Å². The fourth-order valence-corrected chi connectivity index (χ4v) is 0. The third-order valence-corrected chi connectivity index (χ3v) is 0. The van der Waals surface area contributed by atoms with E-state index >= 15 is 0 Å². The quantitative estimate of drug-likeness (QED) is 0.359. The molecule has 0 aliphatic heterocycles. The second kappa shape index (κ2) is 612. The van der Waals surface area contributed by atoms with E-state index in [4.69, 9.17) is 0 Å². The Labute approximate surface area is 57.8 Å². The monoisotopic (exact) mass is 229 g/mol. The summed E-state index contributed by atoms with van der Waals surface area (Å²) in [7, 11) is 0. The Bertz CT molecular complexity index is 4.14. The second-order valence-corrected chi connectivity index (χ2v) is 0. The van der Waals surface area contributed by atoms with E-state index in [-0.39, 0.29) is 57.3 Å². The molecule has 6 nitrogen and oxygen atoms in total. The van der Waals surface area contributed by atoms with Gasteiger partial charge in [0.15, 0.2) is 0 Å². The Morgan fingerprint density at radius 1 is 0.286 bits per heavy atom. The predicted molar refractivity (Wildman–Crippen MR) is 27.4 cm³/mol. The van der Waals surface area contributed by atoms with Crippen LogP contribution in [0.4, 0.5) is 0 Å². The minimum Gasteiger partial charge on any atom is -0.412 e. The van der Waals surface area contributed by atoms with E-state index in [1.807, 2.05) is 0 Å². The fourth-order valence-electron chi connectivity index (χ4n) is 0. The van der Waals surface area contributed by atoms with E-state index in [0.29, 0.717) is 0 Å². The molecule has 0 saturated carbocycles. The Morgan fingerprint density at radius 2 is 0.286 bits per heavy atom. The van der Waals surface area contributed by atoms with E-state index in [2.05, 4.69) is 0 Å². The Morgan fingerprint density at radius 3 is 0.286 bits per heavy atom. The molecule has 0 aromatic rings. The van der Waals surface area contributed by atoms with Crippen LogP contribution in [-0.2, 0) is 0 Å². The van der Waals surface area contributed by atoms with Crippen molar-refractivity contribution in [3.05, 3.63) is 0 Å². The summed E-state index contributed by atoms with van der Waals surface area (Å²) in [6.07, 6.45) is 0. The van der Waals surface area contributed by atoms with E-state index in [1.54, 1.807) is 0 Å². The van der Waals surface area contributed by atoms with Crippen LogP contribution in [-0.4, -0.2) is 57.3 Å². The van der Waals surface area contributed by atoms with E-state index < -0.39 is 0 Å². The maximum absolute atomic E-state index is 0. The average Bonchev–Trinajstić information content (AvgIpc) is 0. The van der Waals surface area contributed by atoms with Gasteiger partial charge in [0.2, 0.25) is 0 Å². The van der Waals surface area contributed by atoms with Crippen molar-refractivity contribution in [3.8, 4) is 0 Å². The van der Waals surface area contributed by atoms with Gasteiger partial charge in [0.05, 0.1) is 0 Å². The maximum Gasteiger partial charge on any atom is 0 e. The van der Waals surface area contributed by atoms with Gasteiger partial charge in [-0.2, -0.15) is 0 Å². The van der Waals surface area contributed by atoms with Crippen LogP contribution in [0.15, 0.2) is 0 Å². The zero-order valence-corrected chi connectivity index (χ0v) is 6.00. The van der Waals surface area contributed by atoms with Gasteiger partial charge in [-0.25, -0.2) is 0 Å². The smallest absolute Gasteiger partial charge is 0 e. The minimum atomic E-state index is 0. The van der Waals surface area contributed by atoms with Crippen LogP contribution in [0.5, 0.6) is 0 Å². The van der Waals surface area contributed by atoms with Crippen LogP contribution >= 0.6 is 0 Å². The molecule has 0 rings (SSSR count). The van der Waals surface area contributed by atoms with Crippen molar-refractivity contribution in [3.63, 3.8) is 0 Å². The van der Waals surface area contributed by atoms with Crippen molar-refractivity contribution in [2.75, 3.05) is 0 Å². The third kappa shape index (κ3) is 412. The summed E-state index contributed by atoms with van der Waals surface area (Å²) in [6, 6.07) is 0. The van der Waals surface area contributed by atoms with Crippen LogP contribution in [0.25, 0.3) is 0 Å². The van der Waals surface area contributed by atoms with Gasteiger partial charge >= 0.3 is 0 Å². The molecule has 0 heterocycles. The molecule has 0 aliphatic carbocycles. The standard InChI is InChI=1S/6H2O.Sb/h6*1H2;. The molecule has 0 aromatic carbocycles. The average molecular weight is 230 g/mol. The SMILES string of the molecule is O.O.O.O.O.O.[Sb]. The van der Waals surface area contributed by atoms with Crippen molar-refractivity contribution >= 4 is 24.4 Å². The van der Waals surface area contributed by atoms with Crippen LogP contribution in [0.1, 0.15) is 0 Å². The molecule has 0 unspecified atom stereocenters. The van der Waals surface area contributed by atoms with Gasteiger partial charge < -0.3 is 32.9 Å². The summed E-state index contributed by atoms with van der Waals surface area (Å²) in [4.78, 5) is 0. The van der Waals surface area contributed by atoms with Gasteiger partial charge in [0, 0.05) is 24.4 Å². The first-order valence-electron chi connectivity index (χ1n) is 0. The number of hydrogen-bond acceptors (Lipinski definition) is 0. The predicted octanol–water partition coefficient (Wildman–Crippen LogP) is -5.33. The number of rotatable bonds is 0. The molecule has 0 bridgehead atoms. The summed E-state index contributed by atoms with van der Waals surface area (Å²) in [5.74, 6) is 0. The zero-order chi connectivity index (χ0) is 0. The van der Waals surface area contributed by atoms with Gasteiger partial charge in [-0.1, -0.05) is 0 Å². The molecule has 0 spiro atoms. The van der Waals surface area contributed by atoms with Crippen molar-refractivity contribution in [2.24, 2.45) is 0 Å². The molecular weight excluding hydrogens is 218 g/mol. The number of hydrogen-bond donors (Lipinski definition) is 0.